The molecule has 0 aliphatic carbocycles. The topological polar surface area (TPSA) is 60.2 Å². The fourth-order valence-electron chi connectivity index (χ4n) is 1.47. The van der Waals surface area contributed by atoms with Crippen LogP contribution in [0.5, 0.6) is 11.6 Å². The van der Waals surface area contributed by atoms with Gasteiger partial charge in [0.25, 0.3) is 5.88 Å². The molecule has 0 saturated heterocycles. The lowest BCUT2D eigenvalue weighted by Crippen LogP contribution is -2.11. The smallest absolute Gasteiger partial charge is 0.416 e. The summed E-state index contributed by atoms with van der Waals surface area (Å²) in [5, 5.41) is 0. The van der Waals surface area contributed by atoms with Gasteiger partial charge in [0.2, 0.25) is 0 Å². The van der Waals surface area contributed by atoms with Gasteiger partial charge in [0, 0.05) is 6.07 Å². The van der Waals surface area contributed by atoms with Crippen molar-refractivity contribution in [1.82, 2.24) is 4.98 Å². The van der Waals surface area contributed by atoms with E-state index in [-0.39, 0.29) is 5.75 Å². The van der Waals surface area contributed by atoms with Gasteiger partial charge in [0.05, 0.1) is 5.56 Å². The molecular weight excluding hydrogens is 297 g/mol. The normalized spacial score (nSPS) is 11.3. The average Bonchev–Trinajstić information content (AvgIpc) is 2.41. The molecule has 0 unspecified atom stereocenters. The van der Waals surface area contributed by atoms with Crippen LogP contribution in [0.3, 0.4) is 0 Å². The summed E-state index contributed by atoms with van der Waals surface area (Å²) in [5.41, 5.74) is 0.899. The zero-order valence-electron chi connectivity index (χ0n) is 10.2. The van der Waals surface area contributed by atoms with Crippen LogP contribution in [0, 0.1) is 11.6 Å². The Labute approximate surface area is 115 Å². The van der Waals surface area contributed by atoms with E-state index >= 15 is 0 Å². The van der Waals surface area contributed by atoms with Gasteiger partial charge in [0.1, 0.15) is 5.75 Å². The van der Waals surface area contributed by atoms with E-state index in [1.165, 1.54) is 6.07 Å². The van der Waals surface area contributed by atoms with Crippen molar-refractivity contribution in [3.05, 3.63) is 47.5 Å². The van der Waals surface area contributed by atoms with E-state index in [4.69, 9.17) is 10.6 Å². The first kappa shape index (κ1) is 15.0. The molecule has 1 aromatic carbocycles. The maximum absolute atomic E-state index is 13.5. The van der Waals surface area contributed by atoms with Crippen LogP contribution < -0.4 is 16.0 Å². The van der Waals surface area contributed by atoms with Crippen LogP contribution in [0.25, 0.3) is 0 Å². The van der Waals surface area contributed by atoms with Gasteiger partial charge in [-0.15, -0.1) is 0 Å². The highest BCUT2D eigenvalue weighted by Crippen LogP contribution is 2.33. The molecule has 2 aromatic rings. The van der Waals surface area contributed by atoms with Gasteiger partial charge in [-0.2, -0.15) is 18.2 Å². The zero-order chi connectivity index (χ0) is 15.6. The molecule has 21 heavy (non-hydrogen) atoms. The maximum atomic E-state index is 13.5. The van der Waals surface area contributed by atoms with Gasteiger partial charge >= 0.3 is 6.18 Å². The number of anilines is 1. The lowest BCUT2D eigenvalue weighted by molar-refractivity contribution is -0.137. The summed E-state index contributed by atoms with van der Waals surface area (Å²) in [6, 6.07) is 4.20. The Kier molecular flexibility index (Phi) is 3.94. The Morgan fingerprint density at radius 1 is 1.10 bits per heavy atom. The third-order valence-corrected chi connectivity index (χ3v) is 2.41. The molecule has 2 rings (SSSR count). The molecule has 0 radical (unpaired) electrons. The number of pyridine rings is 1. The summed E-state index contributed by atoms with van der Waals surface area (Å²) < 4.78 is 69.1. The number of halogens is 5. The molecule has 112 valence electrons. The number of benzene rings is 1. The number of nitrogen functional groups attached to an aromatic ring is 1. The second-order valence-electron chi connectivity index (χ2n) is 3.88. The van der Waals surface area contributed by atoms with E-state index in [0.717, 1.165) is 12.1 Å². The lowest BCUT2D eigenvalue weighted by atomic mass is 10.2. The van der Waals surface area contributed by atoms with E-state index < -0.39 is 35.1 Å². The molecule has 4 nitrogen and oxygen atoms in total. The third-order valence-electron chi connectivity index (χ3n) is 2.41. The Morgan fingerprint density at radius 2 is 1.81 bits per heavy atom. The van der Waals surface area contributed by atoms with Crippen molar-refractivity contribution in [1.29, 1.82) is 0 Å². The van der Waals surface area contributed by atoms with Gasteiger partial charge in [-0.05, 0) is 18.2 Å². The van der Waals surface area contributed by atoms with Crippen LogP contribution in [0.1, 0.15) is 5.56 Å². The summed E-state index contributed by atoms with van der Waals surface area (Å²) in [4.78, 5) is 3.39. The van der Waals surface area contributed by atoms with Crippen molar-refractivity contribution in [3.8, 4) is 11.6 Å². The fraction of sp³-hybridized carbons (Fsp3) is 0.0833. The largest absolute Gasteiger partial charge is 0.436 e. The molecule has 0 aliphatic heterocycles. The molecular formula is C12H8F5N3O. The second kappa shape index (κ2) is 5.52. The maximum Gasteiger partial charge on any atom is 0.416 e. The molecule has 3 N–H and O–H groups in total. The minimum absolute atomic E-state index is 0.300. The minimum atomic E-state index is -4.57. The van der Waals surface area contributed by atoms with Crippen LogP contribution in [0.2, 0.25) is 0 Å². The number of aromatic nitrogens is 1. The number of nitrogens with one attached hydrogen (secondary N) is 1. The number of nitrogens with two attached hydrogens (primary N) is 1. The average molecular weight is 305 g/mol. The Morgan fingerprint density at radius 3 is 2.43 bits per heavy atom. The summed E-state index contributed by atoms with van der Waals surface area (Å²) in [6.45, 7) is 0. The van der Waals surface area contributed by atoms with Gasteiger partial charge in [0.15, 0.2) is 17.5 Å². The van der Waals surface area contributed by atoms with Gasteiger partial charge in [-0.1, -0.05) is 6.07 Å². The zero-order valence-corrected chi connectivity index (χ0v) is 10.2. The van der Waals surface area contributed by atoms with Crippen LogP contribution in [0.4, 0.5) is 27.8 Å². The first-order valence-electron chi connectivity index (χ1n) is 5.49. The molecule has 1 aromatic heterocycles. The Hall–Kier alpha value is -2.42. The predicted molar refractivity (Wildman–Crippen MR) is 63.5 cm³/mol. The van der Waals surface area contributed by atoms with Crippen molar-refractivity contribution >= 4 is 5.82 Å². The number of alkyl halides is 3. The van der Waals surface area contributed by atoms with Crippen LogP contribution in [0.15, 0.2) is 30.3 Å². The predicted octanol–water partition coefficient (Wildman–Crippen LogP) is 3.46. The number of hydrogen-bond donors (Lipinski definition) is 2. The first-order valence-corrected chi connectivity index (χ1v) is 5.49. The quantitative estimate of drug-likeness (QED) is 0.518. The SMILES string of the molecule is NNc1nc(Oc2cccc(C(F)(F)F)c2)c(F)cc1F. The number of hydrogen-bond acceptors (Lipinski definition) is 4. The molecule has 0 saturated carbocycles. The number of rotatable bonds is 3. The highest BCUT2D eigenvalue weighted by atomic mass is 19.4. The van der Waals surface area contributed by atoms with Crippen LogP contribution in [-0.2, 0) is 6.18 Å². The Balaban J connectivity index is 2.34. The molecule has 0 bridgehead atoms. The molecule has 0 aliphatic rings. The summed E-state index contributed by atoms with van der Waals surface area (Å²) in [7, 11) is 0. The standard InChI is InChI=1S/C12H8F5N3O/c13-8-5-9(14)11(19-10(8)20-18)21-7-3-1-2-6(4-7)12(15,16)17/h1-5H,18H2,(H,19,20). The summed E-state index contributed by atoms with van der Waals surface area (Å²) in [6.07, 6.45) is -4.57. The summed E-state index contributed by atoms with van der Waals surface area (Å²) >= 11 is 0. The molecule has 0 spiro atoms. The highest BCUT2D eigenvalue weighted by molar-refractivity contribution is 5.40. The van der Waals surface area contributed by atoms with Gasteiger partial charge < -0.3 is 10.2 Å². The van der Waals surface area contributed by atoms with E-state index in [0.29, 0.717) is 12.1 Å². The minimum Gasteiger partial charge on any atom is -0.436 e. The van der Waals surface area contributed by atoms with Crippen LogP contribution in [-0.4, -0.2) is 4.98 Å². The molecule has 1 heterocycles. The van der Waals surface area contributed by atoms with Crippen molar-refractivity contribution in [2.75, 3.05) is 5.43 Å². The molecule has 9 heteroatoms. The number of ether oxygens (including phenoxy) is 1. The highest BCUT2D eigenvalue weighted by Gasteiger charge is 2.30. The number of hydrazine groups is 1. The summed E-state index contributed by atoms with van der Waals surface area (Å²) in [5.74, 6) is 1.22. The van der Waals surface area contributed by atoms with Crippen molar-refractivity contribution in [2.24, 2.45) is 5.84 Å². The number of nitrogens with zero attached hydrogens (tertiary/aromatic N) is 1. The van der Waals surface area contributed by atoms with Crippen molar-refractivity contribution in [3.63, 3.8) is 0 Å². The van der Waals surface area contributed by atoms with E-state index in [9.17, 15) is 22.0 Å². The Bertz CT molecular complexity index is 660. The second-order valence-corrected chi connectivity index (χ2v) is 3.88. The van der Waals surface area contributed by atoms with E-state index in [1.807, 2.05) is 5.43 Å². The van der Waals surface area contributed by atoms with Crippen LogP contribution >= 0.6 is 0 Å². The van der Waals surface area contributed by atoms with Crippen molar-refractivity contribution in [2.45, 2.75) is 6.18 Å². The van der Waals surface area contributed by atoms with Crippen molar-refractivity contribution < 1.29 is 26.7 Å². The molecule has 0 atom stereocenters. The van der Waals surface area contributed by atoms with Gasteiger partial charge in [-0.25, -0.2) is 14.6 Å². The van der Waals surface area contributed by atoms with Gasteiger partial charge in [-0.3, -0.25) is 0 Å². The molecule has 0 amide bonds. The van der Waals surface area contributed by atoms with E-state index in [2.05, 4.69) is 4.98 Å². The third kappa shape index (κ3) is 3.37. The first-order chi connectivity index (χ1) is 9.81. The fourth-order valence-corrected chi connectivity index (χ4v) is 1.47. The lowest BCUT2D eigenvalue weighted by Gasteiger charge is -2.11. The molecule has 0 fully saturated rings. The van der Waals surface area contributed by atoms with E-state index in [1.54, 1.807) is 0 Å². The monoisotopic (exact) mass is 305 g/mol.